The van der Waals surface area contributed by atoms with Gasteiger partial charge in [0.25, 0.3) is 0 Å². The van der Waals surface area contributed by atoms with Gasteiger partial charge in [-0.25, -0.2) is 13.1 Å². The lowest BCUT2D eigenvalue weighted by Crippen LogP contribution is -2.36. The maximum absolute atomic E-state index is 11.5. The van der Waals surface area contributed by atoms with Crippen molar-refractivity contribution in [1.29, 1.82) is 0 Å². The third-order valence-corrected chi connectivity index (χ3v) is 6.58. The first-order valence-electron chi connectivity index (χ1n) is 10.3. The van der Waals surface area contributed by atoms with Crippen molar-refractivity contribution in [3.63, 3.8) is 0 Å². The molecule has 8 heteroatoms. The van der Waals surface area contributed by atoms with E-state index < -0.39 is 10.0 Å². The van der Waals surface area contributed by atoms with E-state index in [1.807, 2.05) is 24.3 Å². The molecule has 1 heterocycles. The summed E-state index contributed by atoms with van der Waals surface area (Å²) in [5, 5.41) is 8.46. The first-order chi connectivity index (χ1) is 14.2. The Morgan fingerprint density at radius 1 is 1.23 bits per heavy atom. The topological polar surface area (TPSA) is 94.3 Å². The number of aromatic nitrogens is 2. The molecule has 3 atom stereocenters. The van der Waals surface area contributed by atoms with Gasteiger partial charge in [-0.15, -0.1) is 10.2 Å². The molecule has 0 radical (unpaired) electrons. The molecule has 0 saturated carbocycles. The van der Waals surface area contributed by atoms with Crippen LogP contribution < -0.4 is 9.46 Å². The number of hydrogen-bond donors (Lipinski definition) is 1. The van der Waals surface area contributed by atoms with Gasteiger partial charge in [-0.05, 0) is 61.3 Å². The van der Waals surface area contributed by atoms with Crippen molar-refractivity contribution in [3.05, 3.63) is 41.8 Å². The number of sulfonamides is 1. The highest BCUT2D eigenvalue weighted by molar-refractivity contribution is 7.88. The van der Waals surface area contributed by atoms with Crippen LogP contribution in [-0.4, -0.2) is 38.5 Å². The van der Waals surface area contributed by atoms with E-state index in [0.29, 0.717) is 42.5 Å². The van der Waals surface area contributed by atoms with Crippen LogP contribution in [0.15, 0.2) is 40.3 Å². The van der Waals surface area contributed by atoms with Crippen LogP contribution in [0.3, 0.4) is 0 Å². The molecule has 1 aliphatic rings. The number of benzene rings is 1. The highest BCUT2D eigenvalue weighted by Crippen LogP contribution is 2.39. The van der Waals surface area contributed by atoms with E-state index in [4.69, 9.17) is 9.15 Å². The van der Waals surface area contributed by atoms with Crippen molar-refractivity contribution in [3.8, 4) is 17.2 Å². The van der Waals surface area contributed by atoms with E-state index in [2.05, 4.69) is 41.8 Å². The van der Waals surface area contributed by atoms with Gasteiger partial charge in [0.05, 0.1) is 13.4 Å². The second-order valence-electron chi connectivity index (χ2n) is 8.47. The van der Waals surface area contributed by atoms with Gasteiger partial charge in [0.15, 0.2) is 0 Å². The second-order valence-corrected chi connectivity index (χ2v) is 10.3. The lowest BCUT2D eigenvalue weighted by Gasteiger charge is -2.36. The van der Waals surface area contributed by atoms with Crippen LogP contribution in [0.1, 0.15) is 33.1 Å². The van der Waals surface area contributed by atoms with Crippen LogP contribution in [0, 0.1) is 23.7 Å². The largest absolute Gasteiger partial charge is 0.497 e. The summed E-state index contributed by atoms with van der Waals surface area (Å²) in [6.45, 7) is 6.93. The zero-order chi connectivity index (χ0) is 21.9. The summed E-state index contributed by atoms with van der Waals surface area (Å²) in [5.74, 6) is 3.22. The van der Waals surface area contributed by atoms with E-state index in [1.54, 1.807) is 7.11 Å². The van der Waals surface area contributed by atoms with Crippen molar-refractivity contribution >= 4 is 10.0 Å². The average Bonchev–Trinajstić information content (AvgIpc) is 3.16. The fourth-order valence-electron chi connectivity index (χ4n) is 4.15. The molecule has 0 bridgehead atoms. The Balaban J connectivity index is 1.72. The fraction of sp³-hybridized carbons (Fsp3) is 0.545. The van der Waals surface area contributed by atoms with Gasteiger partial charge in [-0.2, -0.15) is 0 Å². The van der Waals surface area contributed by atoms with E-state index in [9.17, 15) is 8.42 Å². The highest BCUT2D eigenvalue weighted by Gasteiger charge is 2.32. The standard InChI is InChI=1S/C22H31N3O4S/c1-14(2)20-11-17(15(3)10-18(20)13-23-30(5,26)27)12-21-24-25-22(29-21)16-6-8-19(28-4)9-7-16/h6-10,14,17-18,20,23H,11-13H2,1-5H3/t17-,18-,20-/m0/s1. The Morgan fingerprint density at radius 3 is 2.53 bits per heavy atom. The minimum atomic E-state index is -3.20. The Kier molecular flexibility index (Phi) is 6.98. The smallest absolute Gasteiger partial charge is 0.247 e. The van der Waals surface area contributed by atoms with Crippen LogP contribution in [0.2, 0.25) is 0 Å². The van der Waals surface area contributed by atoms with Crippen molar-refractivity contribution in [2.24, 2.45) is 23.7 Å². The van der Waals surface area contributed by atoms with Crippen molar-refractivity contribution in [1.82, 2.24) is 14.9 Å². The molecule has 0 fully saturated rings. The van der Waals surface area contributed by atoms with Gasteiger partial charge in [0.1, 0.15) is 5.75 Å². The molecule has 1 aromatic heterocycles. The summed E-state index contributed by atoms with van der Waals surface area (Å²) in [4.78, 5) is 0. The molecule has 0 spiro atoms. The zero-order valence-electron chi connectivity index (χ0n) is 18.3. The molecule has 0 unspecified atom stereocenters. The second kappa shape index (κ2) is 9.31. The molecule has 0 amide bonds. The van der Waals surface area contributed by atoms with E-state index in [-0.39, 0.29) is 5.92 Å². The van der Waals surface area contributed by atoms with Crippen LogP contribution in [-0.2, 0) is 16.4 Å². The molecule has 1 aliphatic carbocycles. The summed E-state index contributed by atoms with van der Waals surface area (Å²) in [6, 6.07) is 7.53. The minimum Gasteiger partial charge on any atom is -0.497 e. The van der Waals surface area contributed by atoms with Crippen molar-refractivity contribution < 1.29 is 17.6 Å². The van der Waals surface area contributed by atoms with Gasteiger partial charge in [0.2, 0.25) is 21.8 Å². The predicted octanol–water partition coefficient (Wildman–Crippen LogP) is 3.69. The van der Waals surface area contributed by atoms with Crippen LogP contribution in [0.4, 0.5) is 0 Å². The summed E-state index contributed by atoms with van der Waals surface area (Å²) >= 11 is 0. The Bertz CT molecular complexity index is 980. The number of hydrogen-bond acceptors (Lipinski definition) is 6. The van der Waals surface area contributed by atoms with Gasteiger partial charge in [0, 0.05) is 18.5 Å². The summed E-state index contributed by atoms with van der Waals surface area (Å²) < 4.78 is 36.8. The summed E-state index contributed by atoms with van der Waals surface area (Å²) in [7, 11) is -1.57. The zero-order valence-corrected chi connectivity index (χ0v) is 19.1. The number of rotatable bonds is 8. The molecule has 164 valence electrons. The van der Waals surface area contributed by atoms with Gasteiger partial charge >= 0.3 is 0 Å². The summed E-state index contributed by atoms with van der Waals surface area (Å²) in [6.07, 6.45) is 5.07. The monoisotopic (exact) mass is 433 g/mol. The fourth-order valence-corrected chi connectivity index (χ4v) is 4.65. The van der Waals surface area contributed by atoms with E-state index >= 15 is 0 Å². The number of methoxy groups -OCH3 is 1. The van der Waals surface area contributed by atoms with Crippen LogP contribution in [0.25, 0.3) is 11.5 Å². The normalized spacial score (nSPS) is 22.2. The molecular formula is C22H31N3O4S. The summed E-state index contributed by atoms with van der Waals surface area (Å²) in [5.41, 5.74) is 2.11. The molecule has 1 N–H and O–H groups in total. The highest BCUT2D eigenvalue weighted by atomic mass is 32.2. The minimum absolute atomic E-state index is 0.188. The quantitative estimate of drug-likeness (QED) is 0.638. The predicted molar refractivity (Wildman–Crippen MR) is 117 cm³/mol. The maximum Gasteiger partial charge on any atom is 0.247 e. The maximum atomic E-state index is 11.5. The first kappa shape index (κ1) is 22.5. The molecule has 0 aliphatic heterocycles. The van der Waals surface area contributed by atoms with E-state index in [0.717, 1.165) is 17.7 Å². The third-order valence-electron chi connectivity index (χ3n) is 5.89. The molecule has 7 nitrogen and oxygen atoms in total. The first-order valence-corrected chi connectivity index (χ1v) is 12.1. The molecule has 3 rings (SSSR count). The Labute approximate surface area is 179 Å². The van der Waals surface area contributed by atoms with Crippen LogP contribution in [0.5, 0.6) is 5.75 Å². The Hall–Kier alpha value is -2.19. The number of ether oxygens (including phenoxy) is 1. The third kappa shape index (κ3) is 5.70. The van der Waals surface area contributed by atoms with Crippen molar-refractivity contribution in [2.45, 2.75) is 33.6 Å². The lowest BCUT2D eigenvalue weighted by atomic mass is 9.70. The average molecular weight is 434 g/mol. The molecule has 1 aromatic carbocycles. The molecule has 30 heavy (non-hydrogen) atoms. The van der Waals surface area contributed by atoms with E-state index in [1.165, 1.54) is 11.8 Å². The molecule has 0 saturated heterocycles. The van der Waals surface area contributed by atoms with Gasteiger partial charge in [-0.3, -0.25) is 0 Å². The lowest BCUT2D eigenvalue weighted by molar-refractivity contribution is 0.223. The number of nitrogens with zero attached hydrogens (tertiary/aromatic N) is 2. The van der Waals surface area contributed by atoms with Gasteiger partial charge in [-0.1, -0.05) is 25.5 Å². The molecule has 2 aromatic rings. The molecular weight excluding hydrogens is 402 g/mol. The van der Waals surface area contributed by atoms with Crippen LogP contribution >= 0.6 is 0 Å². The number of nitrogens with one attached hydrogen (secondary N) is 1. The van der Waals surface area contributed by atoms with Crippen molar-refractivity contribution in [2.75, 3.05) is 19.9 Å². The Morgan fingerprint density at radius 2 is 1.93 bits per heavy atom. The SMILES string of the molecule is COc1ccc(-c2nnc(C[C@@H]3C[C@@H](C(C)C)[C@H](CNS(C)(=O)=O)C=C3C)o2)cc1. The number of allylic oxidation sites excluding steroid dienone is 1. The van der Waals surface area contributed by atoms with Gasteiger partial charge < -0.3 is 9.15 Å².